The van der Waals surface area contributed by atoms with Gasteiger partial charge in [0.1, 0.15) is 0 Å². The highest BCUT2D eigenvalue weighted by Crippen LogP contribution is 2.36. The Hall–Kier alpha value is -1.33. The normalized spacial score (nSPS) is 19.0. The molecule has 1 aliphatic heterocycles. The van der Waals surface area contributed by atoms with E-state index in [-0.39, 0.29) is 18.3 Å². The molecule has 1 heterocycles. The quantitative estimate of drug-likeness (QED) is 0.647. The fourth-order valence-electron chi connectivity index (χ4n) is 2.65. The predicted octanol–water partition coefficient (Wildman–Crippen LogP) is 3.22. The van der Waals surface area contributed by atoms with Gasteiger partial charge >= 0.3 is 7.12 Å². The first kappa shape index (κ1) is 18.0. The molecule has 2 rings (SSSR count). The minimum Gasteiger partial charge on any atom is -0.399 e. The van der Waals surface area contributed by atoms with Crippen LogP contribution >= 0.6 is 0 Å². The van der Waals surface area contributed by atoms with Gasteiger partial charge in [-0.15, -0.1) is 0 Å². The Kier molecular flexibility index (Phi) is 5.22. The molecule has 1 aromatic rings. The number of unbranched alkanes of at least 4 members (excludes halogenated alkanes) is 1. The molecule has 126 valence electrons. The van der Waals surface area contributed by atoms with E-state index >= 15 is 0 Å². The highest BCUT2D eigenvalue weighted by molar-refractivity contribution is 6.62. The number of rotatable bonds is 6. The first-order valence-electron chi connectivity index (χ1n) is 8.43. The van der Waals surface area contributed by atoms with Crippen molar-refractivity contribution in [3.05, 3.63) is 23.8 Å². The summed E-state index contributed by atoms with van der Waals surface area (Å²) in [6.07, 6.45) is 3.70. The molecule has 23 heavy (non-hydrogen) atoms. The van der Waals surface area contributed by atoms with E-state index in [9.17, 15) is 0 Å². The summed E-state index contributed by atoms with van der Waals surface area (Å²) in [5.41, 5.74) is 2.30. The Bertz CT molecular complexity index is 556. The van der Waals surface area contributed by atoms with Crippen LogP contribution in [0.4, 0.5) is 5.69 Å². The Morgan fingerprint density at radius 1 is 1.17 bits per heavy atom. The highest BCUT2D eigenvalue weighted by atomic mass is 16.7. The van der Waals surface area contributed by atoms with Gasteiger partial charge in [0, 0.05) is 31.1 Å². The molecule has 0 bridgehead atoms. The third-order valence-corrected chi connectivity index (χ3v) is 4.99. The van der Waals surface area contributed by atoms with E-state index in [4.69, 9.17) is 14.7 Å². The second-order valence-corrected chi connectivity index (χ2v) is 7.33. The Morgan fingerprint density at radius 3 is 2.30 bits per heavy atom. The fraction of sp³-hybridized carbons (Fsp3) is 0.611. The summed E-state index contributed by atoms with van der Waals surface area (Å²) in [7, 11) is 1.71. The molecule has 1 N–H and O–H groups in total. The van der Waals surface area contributed by atoms with E-state index in [1.807, 2.05) is 12.1 Å². The van der Waals surface area contributed by atoms with Gasteiger partial charge in [-0.25, -0.2) is 0 Å². The molecule has 5 heteroatoms. The lowest BCUT2D eigenvalue weighted by atomic mass is 9.78. The SMILES string of the molecule is CCCCN(C)c1cc(B2OC(C)(C)C(C)(C)O2)ccc1C=N. The maximum atomic E-state index is 7.65. The maximum Gasteiger partial charge on any atom is 0.494 e. The third-order valence-electron chi connectivity index (χ3n) is 4.99. The predicted molar refractivity (Wildman–Crippen MR) is 98.2 cm³/mol. The van der Waals surface area contributed by atoms with Crippen molar-refractivity contribution in [2.45, 2.75) is 58.7 Å². The molecule has 1 aromatic carbocycles. The summed E-state index contributed by atoms with van der Waals surface area (Å²) in [6, 6.07) is 6.07. The standard InChI is InChI=1S/C18H29BN2O2/c1-7-8-11-21(6)16-12-15(10-9-14(16)13-20)19-22-17(2,3)18(4,5)23-19/h9-10,12-13,20H,7-8,11H2,1-6H3. The van der Waals surface area contributed by atoms with E-state index in [1.165, 1.54) is 6.21 Å². The van der Waals surface area contributed by atoms with Gasteiger partial charge in [0.05, 0.1) is 11.2 Å². The minimum absolute atomic E-state index is 0.341. The third kappa shape index (κ3) is 3.61. The van der Waals surface area contributed by atoms with Crippen molar-refractivity contribution in [1.29, 1.82) is 5.41 Å². The summed E-state index contributed by atoms with van der Waals surface area (Å²) >= 11 is 0. The van der Waals surface area contributed by atoms with Crippen LogP contribution < -0.4 is 10.4 Å². The Labute approximate surface area is 140 Å². The minimum atomic E-state index is -0.363. The number of hydrogen-bond acceptors (Lipinski definition) is 4. The van der Waals surface area contributed by atoms with Gasteiger partial charge in [0.25, 0.3) is 0 Å². The van der Waals surface area contributed by atoms with Crippen LogP contribution in [-0.4, -0.2) is 38.1 Å². The number of benzene rings is 1. The van der Waals surface area contributed by atoms with Crippen LogP contribution in [-0.2, 0) is 9.31 Å². The van der Waals surface area contributed by atoms with Crippen LogP contribution in [0.2, 0.25) is 0 Å². The second-order valence-electron chi connectivity index (χ2n) is 7.33. The first-order valence-corrected chi connectivity index (χ1v) is 8.43. The van der Waals surface area contributed by atoms with Gasteiger partial charge in [-0.1, -0.05) is 25.5 Å². The van der Waals surface area contributed by atoms with Crippen LogP contribution in [0.3, 0.4) is 0 Å². The first-order chi connectivity index (χ1) is 10.7. The van der Waals surface area contributed by atoms with E-state index in [1.54, 1.807) is 0 Å². The number of hydrogen-bond donors (Lipinski definition) is 1. The molecule has 0 amide bonds. The van der Waals surface area contributed by atoms with Crippen LogP contribution in [0.15, 0.2) is 18.2 Å². The van der Waals surface area contributed by atoms with E-state index in [2.05, 4.69) is 52.6 Å². The van der Waals surface area contributed by atoms with Gasteiger partial charge in [0.2, 0.25) is 0 Å². The van der Waals surface area contributed by atoms with Crippen molar-refractivity contribution >= 4 is 24.5 Å². The van der Waals surface area contributed by atoms with Gasteiger partial charge in [-0.3, -0.25) is 0 Å². The monoisotopic (exact) mass is 316 g/mol. The maximum absolute atomic E-state index is 7.65. The van der Waals surface area contributed by atoms with E-state index in [0.717, 1.165) is 36.1 Å². The number of anilines is 1. The molecule has 0 atom stereocenters. The van der Waals surface area contributed by atoms with Crippen LogP contribution in [0.25, 0.3) is 0 Å². The lowest BCUT2D eigenvalue weighted by Crippen LogP contribution is -2.41. The van der Waals surface area contributed by atoms with E-state index < -0.39 is 0 Å². The van der Waals surface area contributed by atoms with Gasteiger partial charge < -0.3 is 19.6 Å². The highest BCUT2D eigenvalue weighted by Gasteiger charge is 2.51. The Morgan fingerprint density at radius 2 is 1.78 bits per heavy atom. The van der Waals surface area contributed by atoms with Crippen molar-refractivity contribution in [2.24, 2.45) is 0 Å². The van der Waals surface area contributed by atoms with Gasteiger partial charge in [-0.05, 0) is 45.6 Å². The lowest BCUT2D eigenvalue weighted by molar-refractivity contribution is 0.00578. The average Bonchev–Trinajstić information content (AvgIpc) is 2.72. The summed E-state index contributed by atoms with van der Waals surface area (Å²) in [5.74, 6) is 0. The smallest absolute Gasteiger partial charge is 0.399 e. The van der Waals surface area contributed by atoms with Crippen LogP contribution in [0.1, 0.15) is 53.0 Å². The second kappa shape index (κ2) is 6.66. The van der Waals surface area contributed by atoms with Crippen molar-refractivity contribution in [3.63, 3.8) is 0 Å². The molecule has 4 nitrogen and oxygen atoms in total. The molecule has 0 aromatic heterocycles. The van der Waals surface area contributed by atoms with Crippen molar-refractivity contribution < 1.29 is 9.31 Å². The summed E-state index contributed by atoms with van der Waals surface area (Å²) in [4.78, 5) is 2.21. The van der Waals surface area contributed by atoms with Gasteiger partial charge in [-0.2, -0.15) is 0 Å². The number of nitrogens with zero attached hydrogens (tertiary/aromatic N) is 1. The van der Waals surface area contributed by atoms with Crippen molar-refractivity contribution in [2.75, 3.05) is 18.5 Å². The lowest BCUT2D eigenvalue weighted by Gasteiger charge is -2.32. The molecule has 0 saturated carbocycles. The molecule has 0 unspecified atom stereocenters. The summed E-state index contributed by atoms with van der Waals surface area (Å²) in [6.45, 7) is 11.4. The zero-order chi connectivity index (χ0) is 17.3. The van der Waals surface area contributed by atoms with Crippen LogP contribution in [0.5, 0.6) is 0 Å². The molecule has 1 aliphatic rings. The molecule has 0 aliphatic carbocycles. The molecule has 1 saturated heterocycles. The Balaban J connectivity index is 2.30. The molecule has 0 radical (unpaired) electrons. The average molecular weight is 316 g/mol. The fourth-order valence-corrected chi connectivity index (χ4v) is 2.65. The van der Waals surface area contributed by atoms with Crippen LogP contribution in [0, 0.1) is 5.41 Å². The zero-order valence-corrected chi connectivity index (χ0v) is 15.3. The van der Waals surface area contributed by atoms with E-state index in [0.29, 0.717) is 0 Å². The molecular formula is C18H29BN2O2. The van der Waals surface area contributed by atoms with Gasteiger partial charge in [0.15, 0.2) is 0 Å². The van der Waals surface area contributed by atoms with Crippen molar-refractivity contribution in [3.8, 4) is 0 Å². The zero-order valence-electron chi connectivity index (χ0n) is 15.3. The number of nitrogens with one attached hydrogen (secondary N) is 1. The van der Waals surface area contributed by atoms with Crippen molar-refractivity contribution in [1.82, 2.24) is 0 Å². The molecule has 0 spiro atoms. The topological polar surface area (TPSA) is 45.6 Å². The summed E-state index contributed by atoms with van der Waals surface area (Å²) < 4.78 is 12.3. The summed E-state index contributed by atoms with van der Waals surface area (Å²) in [5, 5.41) is 7.65. The molecular weight excluding hydrogens is 287 g/mol. The largest absolute Gasteiger partial charge is 0.494 e. The molecule has 1 fully saturated rings.